The Morgan fingerprint density at radius 2 is 1.11 bits per heavy atom. The van der Waals surface area contributed by atoms with Crippen molar-refractivity contribution in [2.24, 2.45) is 5.41 Å². The van der Waals surface area contributed by atoms with E-state index in [0.29, 0.717) is 22.7 Å². The van der Waals surface area contributed by atoms with Gasteiger partial charge >= 0.3 is 0 Å². The highest BCUT2D eigenvalue weighted by Gasteiger charge is 2.52. The number of hydrogen-bond donors (Lipinski definition) is 0. The van der Waals surface area contributed by atoms with Crippen LogP contribution in [0.25, 0.3) is 0 Å². The molecule has 27 heavy (non-hydrogen) atoms. The summed E-state index contributed by atoms with van der Waals surface area (Å²) in [5.74, 6) is 1.27. The minimum atomic E-state index is 0.256. The van der Waals surface area contributed by atoms with Gasteiger partial charge in [-0.15, -0.1) is 0 Å². The van der Waals surface area contributed by atoms with Gasteiger partial charge in [-0.2, -0.15) is 0 Å². The van der Waals surface area contributed by atoms with Crippen LogP contribution >= 0.6 is 0 Å². The molecule has 0 bridgehead atoms. The van der Waals surface area contributed by atoms with Gasteiger partial charge < -0.3 is 0 Å². The first-order chi connectivity index (χ1) is 12.8. The lowest BCUT2D eigenvalue weighted by molar-refractivity contribution is 0.186. The molecular formula is C27H36. The van der Waals surface area contributed by atoms with Crippen LogP contribution in [0.2, 0.25) is 0 Å². The van der Waals surface area contributed by atoms with E-state index in [4.69, 9.17) is 0 Å². The minimum absolute atomic E-state index is 0.256. The van der Waals surface area contributed by atoms with Gasteiger partial charge in [-0.3, -0.25) is 0 Å². The van der Waals surface area contributed by atoms with E-state index in [0.717, 1.165) is 0 Å². The molecule has 0 saturated carbocycles. The zero-order chi connectivity index (χ0) is 19.4. The molecule has 4 atom stereocenters. The molecule has 4 rings (SSSR count). The minimum Gasteiger partial charge on any atom is -0.0645 e. The number of rotatable bonds is 4. The van der Waals surface area contributed by atoms with Gasteiger partial charge in [0.2, 0.25) is 0 Å². The first-order valence-corrected chi connectivity index (χ1v) is 11.0. The predicted octanol–water partition coefficient (Wildman–Crippen LogP) is 7.72. The van der Waals surface area contributed by atoms with Crippen LogP contribution in [0.4, 0.5) is 0 Å². The van der Waals surface area contributed by atoms with Crippen LogP contribution in [0.3, 0.4) is 0 Å². The Hall–Kier alpha value is -1.56. The third kappa shape index (κ3) is 2.63. The van der Waals surface area contributed by atoms with Crippen LogP contribution in [0.1, 0.15) is 101 Å². The summed E-state index contributed by atoms with van der Waals surface area (Å²) in [6.07, 6.45) is 5.03. The maximum Gasteiger partial charge on any atom is -0.00690 e. The summed E-state index contributed by atoms with van der Waals surface area (Å²) in [7, 11) is 0. The Morgan fingerprint density at radius 1 is 0.741 bits per heavy atom. The Bertz CT molecular complexity index is 775. The second-order valence-electron chi connectivity index (χ2n) is 10.3. The molecule has 0 fully saturated rings. The van der Waals surface area contributed by atoms with Crippen LogP contribution in [0.15, 0.2) is 48.5 Å². The Morgan fingerprint density at radius 3 is 1.48 bits per heavy atom. The second-order valence-corrected chi connectivity index (χ2v) is 10.3. The largest absolute Gasteiger partial charge is 0.0645 e. The van der Waals surface area contributed by atoms with Gasteiger partial charge in [-0.05, 0) is 76.0 Å². The third-order valence-corrected chi connectivity index (χ3v) is 8.64. The smallest absolute Gasteiger partial charge is 0.00690 e. The summed E-state index contributed by atoms with van der Waals surface area (Å²) in [6.45, 7) is 14.8. The topological polar surface area (TPSA) is 0 Å². The summed E-state index contributed by atoms with van der Waals surface area (Å²) in [5, 5.41) is 0. The maximum atomic E-state index is 2.55. The molecule has 2 aliphatic carbocycles. The van der Waals surface area contributed by atoms with Crippen molar-refractivity contribution in [1.29, 1.82) is 0 Å². The number of benzene rings is 2. The van der Waals surface area contributed by atoms with E-state index in [1.807, 2.05) is 0 Å². The molecule has 0 amide bonds. The van der Waals surface area contributed by atoms with Crippen LogP contribution in [0, 0.1) is 5.41 Å². The van der Waals surface area contributed by atoms with Gasteiger partial charge in [0, 0.05) is 0 Å². The van der Waals surface area contributed by atoms with E-state index in [1.165, 1.54) is 25.7 Å². The molecule has 0 heteroatoms. The van der Waals surface area contributed by atoms with Crippen LogP contribution < -0.4 is 0 Å². The van der Waals surface area contributed by atoms with E-state index < -0.39 is 0 Å². The van der Waals surface area contributed by atoms with Crippen molar-refractivity contribution in [1.82, 2.24) is 0 Å². The average molecular weight is 361 g/mol. The van der Waals surface area contributed by atoms with Gasteiger partial charge in [0.05, 0.1) is 0 Å². The van der Waals surface area contributed by atoms with Crippen LogP contribution in [-0.2, 0) is 10.8 Å². The molecule has 0 aliphatic heterocycles. The van der Waals surface area contributed by atoms with Gasteiger partial charge in [0.15, 0.2) is 0 Å². The van der Waals surface area contributed by atoms with Crippen LogP contribution in [0.5, 0.6) is 0 Å². The predicted molar refractivity (Wildman–Crippen MR) is 117 cm³/mol. The highest BCUT2D eigenvalue weighted by Crippen LogP contribution is 2.63. The van der Waals surface area contributed by atoms with Crippen LogP contribution in [-0.4, -0.2) is 0 Å². The summed E-state index contributed by atoms with van der Waals surface area (Å²) in [6, 6.07) is 18.6. The van der Waals surface area contributed by atoms with Crippen molar-refractivity contribution in [2.45, 2.75) is 89.9 Å². The standard InChI is InChI=1S/C27H36/c1-7-26(5)17-23(19-13-9-11-15-21(19)26)25(3,4)24-18-27(6,8-2)22-16-12-10-14-20(22)24/h9-16,23-24H,7-8,17-18H2,1-6H3. The average Bonchev–Trinajstić information content (AvgIpc) is 3.17. The third-order valence-electron chi connectivity index (χ3n) is 8.64. The summed E-state index contributed by atoms with van der Waals surface area (Å²) >= 11 is 0. The zero-order valence-electron chi connectivity index (χ0n) is 18.1. The van der Waals surface area contributed by atoms with Crippen molar-refractivity contribution in [3.8, 4) is 0 Å². The zero-order valence-corrected chi connectivity index (χ0v) is 18.1. The molecule has 0 N–H and O–H groups in total. The highest BCUT2D eigenvalue weighted by atomic mass is 14.6. The summed E-state index contributed by atoms with van der Waals surface area (Å²) in [4.78, 5) is 0. The Kier molecular flexibility index (Phi) is 4.33. The molecule has 2 aliphatic rings. The lowest BCUT2D eigenvalue weighted by Gasteiger charge is -2.40. The lowest BCUT2D eigenvalue weighted by atomic mass is 9.63. The van der Waals surface area contributed by atoms with Gasteiger partial charge in [-0.25, -0.2) is 0 Å². The molecule has 2 aromatic rings. The maximum absolute atomic E-state index is 2.55. The molecule has 0 heterocycles. The fourth-order valence-corrected chi connectivity index (χ4v) is 6.28. The summed E-state index contributed by atoms with van der Waals surface area (Å²) < 4.78 is 0. The fourth-order valence-electron chi connectivity index (χ4n) is 6.28. The lowest BCUT2D eigenvalue weighted by Crippen LogP contribution is -2.30. The Labute approximate surface area is 166 Å². The second kappa shape index (κ2) is 6.23. The molecule has 0 nitrogen and oxygen atoms in total. The Balaban J connectivity index is 1.80. The van der Waals surface area contributed by atoms with Gasteiger partial charge in [0.1, 0.15) is 0 Å². The van der Waals surface area contributed by atoms with Crippen molar-refractivity contribution < 1.29 is 0 Å². The van der Waals surface area contributed by atoms with Crippen molar-refractivity contribution in [3.05, 3.63) is 70.8 Å². The number of hydrogen-bond acceptors (Lipinski definition) is 0. The van der Waals surface area contributed by atoms with E-state index >= 15 is 0 Å². The van der Waals surface area contributed by atoms with Crippen molar-refractivity contribution in [2.75, 3.05) is 0 Å². The first-order valence-electron chi connectivity index (χ1n) is 11.0. The molecule has 0 aromatic heterocycles. The first kappa shape index (κ1) is 18.8. The van der Waals surface area contributed by atoms with E-state index in [2.05, 4.69) is 90.1 Å². The highest BCUT2D eigenvalue weighted by molar-refractivity contribution is 5.47. The molecule has 144 valence electrons. The quantitative estimate of drug-likeness (QED) is 0.523. The molecule has 4 unspecified atom stereocenters. The SMILES string of the molecule is CCC1(C)CC(C(C)(C)C2CC(C)(CC)c3ccccc32)c2ccccc21. The van der Waals surface area contributed by atoms with Gasteiger partial charge in [0.25, 0.3) is 0 Å². The van der Waals surface area contributed by atoms with Crippen molar-refractivity contribution in [3.63, 3.8) is 0 Å². The molecular weight excluding hydrogens is 324 g/mol. The van der Waals surface area contributed by atoms with Gasteiger partial charge in [-0.1, -0.05) is 90.1 Å². The fraction of sp³-hybridized carbons (Fsp3) is 0.556. The number of fused-ring (bicyclic) bond motifs is 2. The summed E-state index contributed by atoms with van der Waals surface area (Å²) in [5.41, 5.74) is 7.36. The van der Waals surface area contributed by atoms with E-state index in [1.54, 1.807) is 22.3 Å². The molecule has 2 aromatic carbocycles. The normalized spacial score (nSPS) is 32.4. The van der Waals surface area contributed by atoms with Crippen molar-refractivity contribution >= 4 is 0 Å². The van der Waals surface area contributed by atoms with E-state index in [9.17, 15) is 0 Å². The monoisotopic (exact) mass is 360 g/mol. The molecule has 0 radical (unpaired) electrons. The molecule has 0 spiro atoms. The van der Waals surface area contributed by atoms with E-state index in [-0.39, 0.29) is 5.41 Å². The molecule has 0 saturated heterocycles.